The third-order valence-electron chi connectivity index (χ3n) is 2.30. The molecule has 7 heteroatoms. The van der Waals surface area contributed by atoms with Crippen LogP contribution < -0.4 is 5.32 Å². The molecule has 1 fully saturated rings. The van der Waals surface area contributed by atoms with Crippen molar-refractivity contribution in [2.45, 2.75) is 12.5 Å². The summed E-state index contributed by atoms with van der Waals surface area (Å²) in [6.45, 7) is 0.869. The van der Waals surface area contributed by atoms with Crippen molar-refractivity contribution in [3.8, 4) is 0 Å². The van der Waals surface area contributed by atoms with E-state index in [1.54, 1.807) is 11.4 Å². The van der Waals surface area contributed by atoms with Gasteiger partial charge in [0, 0.05) is 11.3 Å². The van der Waals surface area contributed by atoms with Gasteiger partial charge in [-0.2, -0.15) is 13.2 Å². The summed E-state index contributed by atoms with van der Waals surface area (Å²) in [6.07, 6.45) is -5.50. The molecule has 1 N–H and O–H groups in total. The van der Waals surface area contributed by atoms with Crippen molar-refractivity contribution >= 4 is 11.6 Å². The lowest BCUT2D eigenvalue weighted by molar-refractivity contribution is -0.167. The number of benzene rings is 1. The first-order valence-electron chi connectivity index (χ1n) is 5.18. The lowest BCUT2D eigenvalue weighted by atomic mass is 10.2. The Labute approximate surface area is 101 Å². The van der Waals surface area contributed by atoms with Gasteiger partial charge in [0.15, 0.2) is 6.29 Å². The first-order chi connectivity index (χ1) is 8.47. The molecule has 0 saturated carbocycles. The fourth-order valence-corrected chi connectivity index (χ4v) is 1.52. The zero-order valence-corrected chi connectivity index (χ0v) is 9.16. The summed E-state index contributed by atoms with van der Waals surface area (Å²) in [5.74, 6) is -2.01. The van der Waals surface area contributed by atoms with Crippen LogP contribution in [0.25, 0.3) is 0 Å². The van der Waals surface area contributed by atoms with Gasteiger partial charge in [-0.3, -0.25) is 4.79 Å². The monoisotopic (exact) mass is 261 g/mol. The highest BCUT2D eigenvalue weighted by Gasteiger charge is 2.38. The molecule has 0 spiro atoms. The van der Waals surface area contributed by atoms with Crippen molar-refractivity contribution in [2.24, 2.45) is 0 Å². The number of hydrogen-bond donors (Lipinski definition) is 1. The maximum Gasteiger partial charge on any atom is 0.471 e. The molecule has 1 aromatic rings. The van der Waals surface area contributed by atoms with E-state index in [-0.39, 0.29) is 5.69 Å². The quantitative estimate of drug-likeness (QED) is 0.888. The largest absolute Gasteiger partial charge is 0.471 e. The lowest BCUT2D eigenvalue weighted by Gasteiger charge is -2.12. The van der Waals surface area contributed by atoms with E-state index in [9.17, 15) is 18.0 Å². The number of ether oxygens (including phenoxy) is 2. The molecule has 1 aliphatic heterocycles. The highest BCUT2D eigenvalue weighted by Crippen LogP contribution is 2.26. The molecule has 0 aromatic heterocycles. The molecule has 4 nitrogen and oxygen atoms in total. The Hall–Kier alpha value is -1.60. The molecule has 0 aliphatic carbocycles. The Kier molecular flexibility index (Phi) is 3.53. The van der Waals surface area contributed by atoms with E-state index in [1.807, 2.05) is 0 Å². The number of carbonyl (C=O) groups excluding carboxylic acids is 1. The molecular weight excluding hydrogens is 251 g/mol. The third-order valence-corrected chi connectivity index (χ3v) is 2.30. The number of halogens is 3. The Balaban J connectivity index is 2.10. The molecule has 0 bridgehead atoms. The van der Waals surface area contributed by atoms with Crippen molar-refractivity contribution < 1.29 is 27.4 Å². The molecule has 2 rings (SSSR count). The molecule has 1 heterocycles. The standard InChI is InChI=1S/C11H10F3NO3/c12-11(13,14)10(16)15-8-3-1-2-7(6-8)9-17-4-5-18-9/h1-3,6,9H,4-5H2,(H,15,16). The molecule has 0 radical (unpaired) electrons. The second kappa shape index (κ2) is 4.95. The second-order valence-corrected chi connectivity index (χ2v) is 3.65. The predicted octanol–water partition coefficient (Wildman–Crippen LogP) is 2.23. The number of amides is 1. The summed E-state index contributed by atoms with van der Waals surface area (Å²) in [7, 11) is 0. The maximum atomic E-state index is 12.1. The first-order valence-corrected chi connectivity index (χ1v) is 5.18. The lowest BCUT2D eigenvalue weighted by Crippen LogP contribution is -2.29. The van der Waals surface area contributed by atoms with E-state index < -0.39 is 18.4 Å². The summed E-state index contributed by atoms with van der Waals surface area (Å²) in [5.41, 5.74) is 0.612. The van der Waals surface area contributed by atoms with Crippen molar-refractivity contribution in [3.05, 3.63) is 29.8 Å². The van der Waals surface area contributed by atoms with Crippen LogP contribution in [0.1, 0.15) is 11.9 Å². The average molecular weight is 261 g/mol. The van der Waals surface area contributed by atoms with Gasteiger partial charge >= 0.3 is 12.1 Å². The van der Waals surface area contributed by atoms with Crippen LogP contribution in [0.4, 0.5) is 18.9 Å². The van der Waals surface area contributed by atoms with E-state index in [1.165, 1.54) is 18.2 Å². The molecular formula is C11H10F3NO3. The Morgan fingerprint density at radius 2 is 1.94 bits per heavy atom. The zero-order chi connectivity index (χ0) is 13.2. The molecule has 1 aliphatic rings. The normalized spacial score (nSPS) is 16.8. The highest BCUT2D eigenvalue weighted by atomic mass is 19.4. The van der Waals surface area contributed by atoms with Gasteiger partial charge in [0.25, 0.3) is 0 Å². The Morgan fingerprint density at radius 1 is 1.28 bits per heavy atom. The van der Waals surface area contributed by atoms with Crippen LogP contribution >= 0.6 is 0 Å². The van der Waals surface area contributed by atoms with Gasteiger partial charge in [0.1, 0.15) is 0 Å². The molecule has 18 heavy (non-hydrogen) atoms. The number of carbonyl (C=O) groups is 1. The average Bonchev–Trinajstić information content (AvgIpc) is 2.81. The van der Waals surface area contributed by atoms with E-state index in [4.69, 9.17) is 9.47 Å². The van der Waals surface area contributed by atoms with E-state index in [2.05, 4.69) is 0 Å². The summed E-state index contributed by atoms with van der Waals surface area (Å²) in [6, 6.07) is 5.92. The number of anilines is 1. The van der Waals surface area contributed by atoms with Crippen molar-refractivity contribution in [2.75, 3.05) is 18.5 Å². The topological polar surface area (TPSA) is 47.6 Å². The van der Waals surface area contributed by atoms with Crippen LogP contribution in [0.3, 0.4) is 0 Å². The fraction of sp³-hybridized carbons (Fsp3) is 0.364. The molecule has 1 saturated heterocycles. The summed E-state index contributed by atoms with van der Waals surface area (Å²) in [5, 5.41) is 1.77. The molecule has 98 valence electrons. The van der Waals surface area contributed by atoms with Gasteiger partial charge in [-0.25, -0.2) is 0 Å². The van der Waals surface area contributed by atoms with Gasteiger partial charge in [0.05, 0.1) is 13.2 Å². The van der Waals surface area contributed by atoms with Crippen LogP contribution in [0.5, 0.6) is 0 Å². The summed E-state index contributed by atoms with van der Waals surface area (Å²) in [4.78, 5) is 10.8. The molecule has 1 aromatic carbocycles. The van der Waals surface area contributed by atoms with Crippen LogP contribution in [0.2, 0.25) is 0 Å². The van der Waals surface area contributed by atoms with Gasteiger partial charge in [-0.05, 0) is 12.1 Å². The SMILES string of the molecule is O=C(Nc1cccc(C2OCCO2)c1)C(F)(F)F. The number of rotatable bonds is 2. The van der Waals surface area contributed by atoms with Gasteiger partial charge in [0.2, 0.25) is 0 Å². The zero-order valence-electron chi connectivity index (χ0n) is 9.16. The Morgan fingerprint density at radius 3 is 2.56 bits per heavy atom. The molecule has 1 amide bonds. The van der Waals surface area contributed by atoms with Crippen molar-refractivity contribution in [3.63, 3.8) is 0 Å². The van der Waals surface area contributed by atoms with Crippen molar-refractivity contribution in [1.82, 2.24) is 0 Å². The van der Waals surface area contributed by atoms with Gasteiger partial charge < -0.3 is 14.8 Å². The van der Waals surface area contributed by atoms with Crippen LogP contribution in [-0.4, -0.2) is 25.3 Å². The van der Waals surface area contributed by atoms with Gasteiger partial charge in [-0.15, -0.1) is 0 Å². The van der Waals surface area contributed by atoms with Crippen LogP contribution in [0, 0.1) is 0 Å². The molecule has 0 atom stereocenters. The maximum absolute atomic E-state index is 12.1. The minimum Gasteiger partial charge on any atom is -0.346 e. The summed E-state index contributed by atoms with van der Waals surface area (Å²) >= 11 is 0. The fourth-order valence-electron chi connectivity index (χ4n) is 1.52. The van der Waals surface area contributed by atoms with E-state index in [0.717, 1.165) is 0 Å². The third kappa shape index (κ3) is 2.99. The van der Waals surface area contributed by atoms with E-state index in [0.29, 0.717) is 18.8 Å². The second-order valence-electron chi connectivity index (χ2n) is 3.65. The first kappa shape index (κ1) is 12.8. The molecule has 0 unspecified atom stereocenters. The highest BCUT2D eigenvalue weighted by molar-refractivity contribution is 5.94. The Bertz CT molecular complexity index is 441. The smallest absolute Gasteiger partial charge is 0.346 e. The van der Waals surface area contributed by atoms with Crippen LogP contribution in [0.15, 0.2) is 24.3 Å². The minimum absolute atomic E-state index is 0.0499. The van der Waals surface area contributed by atoms with E-state index >= 15 is 0 Å². The number of alkyl halides is 3. The van der Waals surface area contributed by atoms with Crippen LogP contribution in [-0.2, 0) is 14.3 Å². The van der Waals surface area contributed by atoms with Gasteiger partial charge in [-0.1, -0.05) is 12.1 Å². The van der Waals surface area contributed by atoms with Crippen molar-refractivity contribution in [1.29, 1.82) is 0 Å². The predicted molar refractivity (Wildman–Crippen MR) is 55.8 cm³/mol. The summed E-state index contributed by atoms with van der Waals surface area (Å²) < 4.78 is 46.6. The number of nitrogens with one attached hydrogen (secondary N) is 1. The number of hydrogen-bond acceptors (Lipinski definition) is 3. The minimum atomic E-state index is -4.91.